The van der Waals surface area contributed by atoms with Crippen LogP contribution in [0.4, 0.5) is 9.18 Å². The van der Waals surface area contributed by atoms with Crippen molar-refractivity contribution in [1.29, 1.82) is 0 Å². The van der Waals surface area contributed by atoms with Gasteiger partial charge < -0.3 is 4.74 Å². The number of hydrogen-bond donors (Lipinski definition) is 1. The smallest absolute Gasteiger partial charge is 0.331 e. The van der Waals surface area contributed by atoms with E-state index in [1.165, 1.54) is 17.0 Å². The first-order valence-electron chi connectivity index (χ1n) is 10.4. The third kappa shape index (κ3) is 4.50. The van der Waals surface area contributed by atoms with Crippen molar-refractivity contribution in [1.82, 2.24) is 10.2 Å². The molecule has 0 unspecified atom stereocenters. The van der Waals surface area contributed by atoms with Gasteiger partial charge in [-0.2, -0.15) is 0 Å². The lowest BCUT2D eigenvalue weighted by molar-refractivity contribution is -0.132. The highest BCUT2D eigenvalue weighted by Gasteiger charge is 2.40. The summed E-state index contributed by atoms with van der Waals surface area (Å²) in [5.41, 5.74) is 0.771. The van der Waals surface area contributed by atoms with Crippen LogP contribution >= 0.6 is 0 Å². The molecule has 1 N–H and O–H groups in total. The topological polar surface area (TPSA) is 75.7 Å². The maximum Gasteiger partial charge on any atom is 0.331 e. The lowest BCUT2D eigenvalue weighted by Gasteiger charge is -2.35. The number of benzene rings is 2. The van der Waals surface area contributed by atoms with E-state index >= 15 is 0 Å². The standard InChI is InChI=1S/C24H23FN2O4/c25-20-12-6-4-9-17(20)15-31-21-13-7-5-8-16(21)14-19-22(28)26-24(30)27(23(19)29)18-10-2-1-3-11-18/h4-9,12-14,18H,1-3,10-11,15H2,(H,26,28,30). The molecule has 4 rings (SSSR count). The van der Waals surface area contributed by atoms with Crippen LogP contribution in [0, 0.1) is 5.82 Å². The Bertz CT molecular complexity index is 1040. The van der Waals surface area contributed by atoms with Gasteiger partial charge in [0.25, 0.3) is 11.8 Å². The fourth-order valence-corrected chi connectivity index (χ4v) is 4.00. The van der Waals surface area contributed by atoms with Crippen LogP contribution in [0.3, 0.4) is 0 Å². The Morgan fingerprint density at radius 2 is 1.71 bits per heavy atom. The number of urea groups is 1. The minimum atomic E-state index is -0.731. The summed E-state index contributed by atoms with van der Waals surface area (Å²) in [6.07, 6.45) is 5.87. The summed E-state index contributed by atoms with van der Waals surface area (Å²) >= 11 is 0. The van der Waals surface area contributed by atoms with Gasteiger partial charge in [-0.1, -0.05) is 55.7 Å². The Balaban J connectivity index is 1.59. The van der Waals surface area contributed by atoms with Crippen molar-refractivity contribution >= 4 is 23.9 Å². The van der Waals surface area contributed by atoms with Crippen molar-refractivity contribution in [3.05, 3.63) is 71.0 Å². The first kappa shape index (κ1) is 20.8. The molecule has 2 fully saturated rings. The lowest BCUT2D eigenvalue weighted by Crippen LogP contribution is -2.58. The highest BCUT2D eigenvalue weighted by molar-refractivity contribution is 6.31. The molecule has 2 aliphatic rings. The number of barbiturate groups is 1. The average molecular weight is 422 g/mol. The van der Waals surface area contributed by atoms with Gasteiger partial charge in [-0.05, 0) is 31.1 Å². The van der Waals surface area contributed by atoms with Crippen LogP contribution in [0.25, 0.3) is 6.08 Å². The second-order valence-electron chi connectivity index (χ2n) is 7.70. The molecule has 6 nitrogen and oxygen atoms in total. The van der Waals surface area contributed by atoms with Gasteiger partial charge in [0, 0.05) is 17.2 Å². The molecule has 4 amide bonds. The quantitative estimate of drug-likeness (QED) is 0.579. The summed E-state index contributed by atoms with van der Waals surface area (Å²) in [6, 6.07) is 12.3. The van der Waals surface area contributed by atoms with E-state index in [-0.39, 0.29) is 24.0 Å². The molecule has 31 heavy (non-hydrogen) atoms. The third-order valence-electron chi connectivity index (χ3n) is 5.63. The predicted octanol–water partition coefficient (Wildman–Crippen LogP) is 4.20. The Morgan fingerprint density at radius 1 is 1.00 bits per heavy atom. The number of para-hydroxylation sites is 1. The van der Waals surface area contributed by atoms with Crippen LogP contribution in [-0.4, -0.2) is 28.8 Å². The van der Waals surface area contributed by atoms with Crippen molar-refractivity contribution in [2.45, 2.75) is 44.8 Å². The van der Waals surface area contributed by atoms with Gasteiger partial charge >= 0.3 is 6.03 Å². The van der Waals surface area contributed by atoms with Gasteiger partial charge in [-0.15, -0.1) is 0 Å². The maximum absolute atomic E-state index is 13.9. The SMILES string of the molecule is O=C1NC(=O)N(C2CCCCC2)C(=O)C1=Cc1ccccc1OCc1ccccc1F. The minimum absolute atomic E-state index is 0.000310. The van der Waals surface area contributed by atoms with E-state index in [9.17, 15) is 18.8 Å². The Kier molecular flexibility index (Phi) is 6.11. The largest absolute Gasteiger partial charge is 0.488 e. The van der Waals surface area contributed by atoms with Gasteiger partial charge in [0.15, 0.2) is 0 Å². The first-order valence-corrected chi connectivity index (χ1v) is 10.4. The summed E-state index contributed by atoms with van der Waals surface area (Å²) in [5, 5.41) is 2.28. The molecule has 0 bridgehead atoms. The number of amides is 4. The summed E-state index contributed by atoms with van der Waals surface area (Å²) in [6.45, 7) is -0.000310. The zero-order valence-electron chi connectivity index (χ0n) is 17.0. The van der Waals surface area contributed by atoms with Crippen LogP contribution in [0.15, 0.2) is 54.1 Å². The van der Waals surface area contributed by atoms with Crippen molar-refractivity contribution in [2.75, 3.05) is 0 Å². The summed E-state index contributed by atoms with van der Waals surface area (Å²) in [7, 11) is 0. The van der Waals surface area contributed by atoms with E-state index in [0.29, 0.717) is 16.9 Å². The van der Waals surface area contributed by atoms with E-state index < -0.39 is 17.8 Å². The van der Waals surface area contributed by atoms with Crippen LogP contribution in [0.2, 0.25) is 0 Å². The zero-order valence-corrected chi connectivity index (χ0v) is 17.0. The van der Waals surface area contributed by atoms with E-state index in [1.807, 2.05) is 0 Å². The fraction of sp³-hybridized carbons (Fsp3) is 0.292. The molecule has 2 aromatic rings. The van der Waals surface area contributed by atoms with E-state index in [2.05, 4.69) is 5.32 Å². The van der Waals surface area contributed by atoms with Crippen molar-refractivity contribution in [2.24, 2.45) is 0 Å². The van der Waals surface area contributed by atoms with Gasteiger partial charge in [0.1, 0.15) is 23.7 Å². The molecular weight excluding hydrogens is 399 g/mol. The number of carbonyl (C=O) groups excluding carboxylic acids is 3. The van der Waals surface area contributed by atoms with Crippen LogP contribution in [0.5, 0.6) is 5.75 Å². The van der Waals surface area contributed by atoms with Crippen LogP contribution in [0.1, 0.15) is 43.2 Å². The van der Waals surface area contributed by atoms with Gasteiger partial charge in [0.05, 0.1) is 0 Å². The number of hydrogen-bond acceptors (Lipinski definition) is 4. The zero-order chi connectivity index (χ0) is 21.8. The van der Waals surface area contributed by atoms with E-state index in [1.54, 1.807) is 42.5 Å². The Morgan fingerprint density at radius 3 is 2.48 bits per heavy atom. The molecule has 0 atom stereocenters. The number of imide groups is 2. The van der Waals surface area contributed by atoms with Gasteiger partial charge in [0.2, 0.25) is 0 Å². The molecule has 0 aromatic heterocycles. The van der Waals surface area contributed by atoms with E-state index in [4.69, 9.17) is 4.74 Å². The molecule has 1 aliphatic heterocycles. The molecule has 7 heteroatoms. The van der Waals surface area contributed by atoms with Crippen LogP contribution in [-0.2, 0) is 16.2 Å². The second kappa shape index (κ2) is 9.12. The molecule has 2 aromatic carbocycles. The number of carbonyl (C=O) groups is 3. The minimum Gasteiger partial charge on any atom is -0.488 e. The third-order valence-corrected chi connectivity index (χ3v) is 5.63. The summed E-state index contributed by atoms with van der Waals surface area (Å²) < 4.78 is 19.7. The number of halogens is 1. The van der Waals surface area contributed by atoms with Crippen molar-refractivity contribution < 1.29 is 23.5 Å². The second-order valence-corrected chi connectivity index (χ2v) is 7.70. The molecular formula is C24H23FN2O4. The van der Waals surface area contributed by atoms with Gasteiger partial charge in [-0.25, -0.2) is 9.18 Å². The highest BCUT2D eigenvalue weighted by atomic mass is 19.1. The van der Waals surface area contributed by atoms with Crippen molar-refractivity contribution in [3.8, 4) is 5.75 Å². The molecule has 0 radical (unpaired) electrons. The number of ether oxygens (including phenoxy) is 1. The predicted molar refractivity (Wildman–Crippen MR) is 112 cm³/mol. The molecule has 1 saturated carbocycles. The molecule has 160 valence electrons. The fourth-order valence-electron chi connectivity index (χ4n) is 4.00. The van der Waals surface area contributed by atoms with Crippen LogP contribution < -0.4 is 10.1 Å². The lowest BCUT2D eigenvalue weighted by atomic mass is 9.93. The normalized spacial score (nSPS) is 18.9. The van der Waals surface area contributed by atoms with Crippen molar-refractivity contribution in [3.63, 3.8) is 0 Å². The van der Waals surface area contributed by atoms with Gasteiger partial charge in [-0.3, -0.25) is 19.8 Å². The number of nitrogens with zero attached hydrogens (tertiary/aromatic N) is 1. The first-order chi connectivity index (χ1) is 15.0. The number of rotatable bonds is 5. The Hall–Kier alpha value is -3.48. The number of nitrogens with one attached hydrogen (secondary N) is 1. The molecule has 0 spiro atoms. The highest BCUT2D eigenvalue weighted by Crippen LogP contribution is 2.28. The molecule has 1 saturated heterocycles. The summed E-state index contributed by atoms with van der Waals surface area (Å²) in [4.78, 5) is 39.0. The molecule has 1 heterocycles. The Labute approximate surface area is 179 Å². The monoisotopic (exact) mass is 422 g/mol. The average Bonchev–Trinajstić information content (AvgIpc) is 2.77. The van der Waals surface area contributed by atoms with E-state index in [0.717, 1.165) is 32.1 Å². The maximum atomic E-state index is 13.9. The summed E-state index contributed by atoms with van der Waals surface area (Å²) in [5.74, 6) is -1.29. The molecule has 1 aliphatic carbocycles.